The number of methoxy groups -OCH3 is 1. The lowest BCUT2D eigenvalue weighted by Gasteiger charge is -2.25. The fourth-order valence-corrected chi connectivity index (χ4v) is 3.35. The number of ether oxygens (including phenoxy) is 2. The molecular weight excluding hydrogens is 446 g/mol. The first-order valence-electron chi connectivity index (χ1n) is 10.1. The summed E-state index contributed by atoms with van der Waals surface area (Å²) in [4.78, 5) is 38.2. The Morgan fingerprint density at radius 1 is 1.27 bits per heavy atom. The number of benzene rings is 1. The van der Waals surface area contributed by atoms with Gasteiger partial charge >= 0.3 is 6.09 Å². The zero-order valence-corrected chi connectivity index (χ0v) is 19.9. The third-order valence-electron chi connectivity index (χ3n) is 4.72. The monoisotopic (exact) mass is 471 g/mol. The lowest BCUT2D eigenvalue weighted by Crippen LogP contribution is -2.44. The summed E-state index contributed by atoms with van der Waals surface area (Å²) in [5.74, 6) is -1.03. The molecule has 1 aromatic heterocycles. The molecule has 0 aliphatic rings. The Balaban J connectivity index is 2.59. The quantitative estimate of drug-likeness (QED) is 0.622. The number of halogens is 1. The van der Waals surface area contributed by atoms with Gasteiger partial charge in [-0.3, -0.25) is 19.5 Å². The van der Waals surface area contributed by atoms with E-state index in [1.165, 1.54) is 25.4 Å². The number of nitrogens with one attached hydrogen (secondary N) is 1. The molecule has 0 fully saturated rings. The van der Waals surface area contributed by atoms with Crippen LogP contribution in [0.5, 0.6) is 5.75 Å². The Morgan fingerprint density at radius 3 is 2.48 bits per heavy atom. The number of allylic oxidation sites excluding steroid dienone is 1. The second-order valence-electron chi connectivity index (χ2n) is 8.33. The van der Waals surface area contributed by atoms with E-state index in [-0.39, 0.29) is 5.75 Å². The summed E-state index contributed by atoms with van der Waals surface area (Å²) in [6.07, 6.45) is 1.93. The SMILES string of the molecule is C=CC(C)C(C(=O)NC(=O)OC(C)(C)C)n1cc(OC)c(-c2cc(Cl)ccc2C#N)cc1=O. The molecular formula is C24H26ClN3O5. The molecule has 1 heterocycles. The molecule has 2 aromatic rings. The number of hydrogen-bond acceptors (Lipinski definition) is 6. The highest BCUT2D eigenvalue weighted by atomic mass is 35.5. The van der Waals surface area contributed by atoms with Gasteiger partial charge in [-0.1, -0.05) is 24.6 Å². The van der Waals surface area contributed by atoms with E-state index in [0.717, 1.165) is 4.57 Å². The Labute approximate surface area is 197 Å². The largest absolute Gasteiger partial charge is 0.495 e. The maximum absolute atomic E-state index is 13.1. The van der Waals surface area contributed by atoms with Crippen molar-refractivity contribution in [1.82, 2.24) is 9.88 Å². The van der Waals surface area contributed by atoms with Crippen LogP contribution in [-0.4, -0.2) is 29.3 Å². The molecule has 2 unspecified atom stereocenters. The highest BCUT2D eigenvalue weighted by molar-refractivity contribution is 6.31. The lowest BCUT2D eigenvalue weighted by molar-refractivity contribution is -0.125. The van der Waals surface area contributed by atoms with E-state index in [4.69, 9.17) is 21.1 Å². The molecule has 0 saturated carbocycles. The van der Waals surface area contributed by atoms with Crippen molar-refractivity contribution in [3.63, 3.8) is 0 Å². The number of amides is 2. The molecule has 0 bridgehead atoms. The third kappa shape index (κ3) is 6.24. The van der Waals surface area contributed by atoms with Crippen molar-refractivity contribution >= 4 is 23.6 Å². The van der Waals surface area contributed by atoms with Crippen molar-refractivity contribution in [2.75, 3.05) is 7.11 Å². The molecule has 1 aromatic carbocycles. The minimum Gasteiger partial charge on any atom is -0.495 e. The number of hydrogen-bond donors (Lipinski definition) is 1. The number of nitrogens with zero attached hydrogens (tertiary/aromatic N) is 2. The first kappa shape index (κ1) is 25.7. The van der Waals surface area contributed by atoms with Crippen molar-refractivity contribution in [2.24, 2.45) is 5.92 Å². The maximum Gasteiger partial charge on any atom is 0.414 e. The zero-order valence-electron chi connectivity index (χ0n) is 19.1. The van der Waals surface area contributed by atoms with Crippen LogP contribution in [0.4, 0.5) is 4.79 Å². The number of aromatic nitrogens is 1. The molecule has 0 radical (unpaired) electrons. The number of carbonyl (C=O) groups excluding carboxylic acids is 2. The van der Waals surface area contributed by atoms with Gasteiger partial charge in [0.05, 0.1) is 24.9 Å². The van der Waals surface area contributed by atoms with Gasteiger partial charge in [0, 0.05) is 28.1 Å². The number of pyridine rings is 1. The zero-order chi connectivity index (χ0) is 24.9. The van der Waals surface area contributed by atoms with Crippen molar-refractivity contribution in [1.29, 1.82) is 5.26 Å². The third-order valence-corrected chi connectivity index (χ3v) is 4.95. The summed E-state index contributed by atoms with van der Waals surface area (Å²) in [5.41, 5.74) is -0.296. The summed E-state index contributed by atoms with van der Waals surface area (Å²) in [5, 5.41) is 12.0. The summed E-state index contributed by atoms with van der Waals surface area (Å²) >= 11 is 6.10. The predicted molar refractivity (Wildman–Crippen MR) is 125 cm³/mol. The van der Waals surface area contributed by atoms with Gasteiger partial charge in [-0.2, -0.15) is 5.26 Å². The first-order chi connectivity index (χ1) is 15.4. The molecule has 2 atom stereocenters. The first-order valence-corrected chi connectivity index (χ1v) is 10.5. The highest BCUT2D eigenvalue weighted by Crippen LogP contribution is 2.34. The van der Waals surface area contributed by atoms with Crippen LogP contribution in [0.2, 0.25) is 5.02 Å². The molecule has 8 nitrogen and oxygen atoms in total. The Kier molecular flexibility index (Phi) is 8.07. The Bertz CT molecular complexity index is 1170. The van der Waals surface area contributed by atoms with Crippen LogP contribution in [0.3, 0.4) is 0 Å². The van der Waals surface area contributed by atoms with Gasteiger partial charge < -0.3 is 9.47 Å². The predicted octanol–water partition coefficient (Wildman–Crippen LogP) is 4.46. The number of rotatable bonds is 6. The van der Waals surface area contributed by atoms with E-state index in [1.54, 1.807) is 45.9 Å². The van der Waals surface area contributed by atoms with Gasteiger partial charge in [0.1, 0.15) is 17.4 Å². The summed E-state index contributed by atoms with van der Waals surface area (Å²) in [7, 11) is 1.40. The fraction of sp³-hybridized carbons (Fsp3) is 0.333. The van der Waals surface area contributed by atoms with Crippen LogP contribution in [0, 0.1) is 17.2 Å². The Morgan fingerprint density at radius 2 is 1.94 bits per heavy atom. The number of alkyl carbamates (subject to hydrolysis) is 1. The van der Waals surface area contributed by atoms with E-state index >= 15 is 0 Å². The molecule has 1 N–H and O–H groups in total. The van der Waals surface area contributed by atoms with Crippen LogP contribution < -0.4 is 15.6 Å². The van der Waals surface area contributed by atoms with Crippen LogP contribution in [0.15, 0.2) is 47.9 Å². The van der Waals surface area contributed by atoms with Gasteiger partial charge in [-0.15, -0.1) is 6.58 Å². The van der Waals surface area contributed by atoms with E-state index < -0.39 is 35.1 Å². The van der Waals surface area contributed by atoms with Crippen LogP contribution in [-0.2, 0) is 9.53 Å². The number of imide groups is 1. The normalized spacial score (nSPS) is 12.8. The average Bonchev–Trinajstić information content (AvgIpc) is 2.73. The van der Waals surface area contributed by atoms with Gasteiger partial charge in [-0.05, 0) is 39.0 Å². The van der Waals surface area contributed by atoms with Crippen LogP contribution in [0.25, 0.3) is 11.1 Å². The van der Waals surface area contributed by atoms with E-state index in [2.05, 4.69) is 18.0 Å². The summed E-state index contributed by atoms with van der Waals surface area (Å²) in [6.45, 7) is 10.4. The van der Waals surface area contributed by atoms with E-state index in [0.29, 0.717) is 21.7 Å². The summed E-state index contributed by atoms with van der Waals surface area (Å²) < 4.78 is 11.8. The van der Waals surface area contributed by atoms with Crippen LogP contribution >= 0.6 is 11.6 Å². The molecule has 0 aliphatic heterocycles. The van der Waals surface area contributed by atoms with Crippen molar-refractivity contribution in [3.05, 3.63) is 64.1 Å². The second kappa shape index (κ2) is 10.4. The van der Waals surface area contributed by atoms with E-state index in [1.807, 2.05) is 0 Å². The minimum atomic E-state index is -1.11. The molecule has 0 spiro atoms. The van der Waals surface area contributed by atoms with Crippen molar-refractivity contribution in [2.45, 2.75) is 39.3 Å². The molecule has 0 aliphatic carbocycles. The molecule has 0 saturated heterocycles. The van der Waals surface area contributed by atoms with Crippen molar-refractivity contribution in [3.8, 4) is 22.9 Å². The topological polar surface area (TPSA) is 110 Å². The van der Waals surface area contributed by atoms with Crippen molar-refractivity contribution < 1.29 is 19.1 Å². The van der Waals surface area contributed by atoms with Gasteiger partial charge in [0.15, 0.2) is 0 Å². The smallest absolute Gasteiger partial charge is 0.414 e. The number of carbonyl (C=O) groups is 2. The van der Waals surface area contributed by atoms with Crippen LogP contribution in [0.1, 0.15) is 39.3 Å². The standard InChI is InChI=1S/C24H26ClN3O5/c1-7-14(2)21(22(30)27-23(31)33-24(3,4)5)28-13-19(32-6)18(11-20(28)29)17-10-16(25)9-8-15(17)12-26/h7-11,13-14,21H,1H2,2-6H3,(H,27,30,31). The highest BCUT2D eigenvalue weighted by Gasteiger charge is 2.30. The molecule has 2 amide bonds. The average molecular weight is 472 g/mol. The van der Waals surface area contributed by atoms with Gasteiger partial charge in [0.25, 0.3) is 11.5 Å². The van der Waals surface area contributed by atoms with Gasteiger partial charge in [0.2, 0.25) is 0 Å². The maximum atomic E-state index is 13.1. The Hall–Kier alpha value is -3.57. The molecule has 2 rings (SSSR count). The second-order valence-corrected chi connectivity index (χ2v) is 8.77. The van der Waals surface area contributed by atoms with E-state index in [9.17, 15) is 19.6 Å². The summed E-state index contributed by atoms with van der Waals surface area (Å²) in [6, 6.07) is 6.88. The fourth-order valence-electron chi connectivity index (χ4n) is 3.18. The molecule has 33 heavy (non-hydrogen) atoms. The lowest BCUT2D eigenvalue weighted by atomic mass is 9.98. The van der Waals surface area contributed by atoms with Gasteiger partial charge in [-0.25, -0.2) is 4.79 Å². The molecule has 9 heteroatoms. The minimum absolute atomic E-state index is 0.236. The number of nitriles is 1. The molecule has 174 valence electrons.